The first-order valence-corrected chi connectivity index (χ1v) is 13.6. The number of hydrogen-bond acceptors (Lipinski definition) is 9. The maximum absolute atomic E-state index is 12.7. The molecular weight excluding hydrogens is 488 g/mol. The van der Waals surface area contributed by atoms with Gasteiger partial charge in [-0.1, -0.05) is 0 Å². The number of rotatable bonds is 8. The van der Waals surface area contributed by atoms with Gasteiger partial charge in [-0.05, 0) is 52.7 Å². The monoisotopic (exact) mass is 524 g/mol. The van der Waals surface area contributed by atoms with Crippen LogP contribution in [0.5, 0.6) is 5.75 Å². The van der Waals surface area contributed by atoms with E-state index in [0.717, 1.165) is 53.5 Å². The van der Waals surface area contributed by atoms with Crippen molar-refractivity contribution in [1.82, 2.24) is 25.2 Å². The minimum atomic E-state index is -0.300. The summed E-state index contributed by atoms with van der Waals surface area (Å²) in [7, 11) is 1.89. The average molecular weight is 525 g/mol. The third-order valence-corrected chi connectivity index (χ3v) is 7.99. The molecule has 0 aromatic carbocycles. The van der Waals surface area contributed by atoms with E-state index in [1.807, 2.05) is 44.9 Å². The van der Waals surface area contributed by atoms with Crippen molar-refractivity contribution in [3.05, 3.63) is 28.8 Å². The highest BCUT2D eigenvalue weighted by atomic mass is 32.1. The molecule has 1 N–H and O–H groups in total. The van der Waals surface area contributed by atoms with Crippen molar-refractivity contribution < 1.29 is 14.3 Å². The Balaban J connectivity index is 1.37. The number of fused-ring (bicyclic) bond motifs is 3. The fraction of sp³-hybridized carbons (Fsp3) is 0.556. The van der Waals surface area contributed by atoms with Crippen LogP contribution in [0.3, 0.4) is 0 Å². The number of aromatic nitrogens is 3. The van der Waals surface area contributed by atoms with E-state index in [1.54, 1.807) is 17.5 Å². The van der Waals surface area contributed by atoms with Crippen molar-refractivity contribution in [2.75, 3.05) is 44.8 Å². The van der Waals surface area contributed by atoms with E-state index in [2.05, 4.69) is 29.0 Å². The summed E-state index contributed by atoms with van der Waals surface area (Å²) in [4.78, 5) is 33.4. The Morgan fingerprint density at radius 3 is 2.84 bits per heavy atom. The van der Waals surface area contributed by atoms with Crippen LogP contribution in [-0.4, -0.2) is 83.3 Å². The van der Waals surface area contributed by atoms with Crippen molar-refractivity contribution >= 4 is 33.3 Å². The number of pyridine rings is 1. The molecule has 2 bridgehead atoms. The van der Waals surface area contributed by atoms with Crippen molar-refractivity contribution in [1.29, 1.82) is 0 Å². The Bertz CT molecular complexity index is 1300. The van der Waals surface area contributed by atoms with E-state index in [-0.39, 0.29) is 18.0 Å². The van der Waals surface area contributed by atoms with Gasteiger partial charge in [-0.15, -0.1) is 11.3 Å². The molecule has 0 radical (unpaired) electrons. The fourth-order valence-electron chi connectivity index (χ4n) is 5.02. The van der Waals surface area contributed by atoms with Gasteiger partial charge in [0.1, 0.15) is 28.7 Å². The van der Waals surface area contributed by atoms with Crippen molar-refractivity contribution in [2.24, 2.45) is 0 Å². The van der Waals surface area contributed by atoms with Gasteiger partial charge in [0.25, 0.3) is 0 Å². The number of hydrogen-bond donors (Lipinski definition) is 1. The fourth-order valence-corrected chi connectivity index (χ4v) is 6.05. The number of amides is 1. The molecule has 9 nitrogen and oxygen atoms in total. The number of anilines is 1. The molecule has 3 aromatic heterocycles. The third kappa shape index (κ3) is 5.71. The molecule has 0 saturated carbocycles. The molecule has 5 heterocycles. The van der Waals surface area contributed by atoms with Crippen LogP contribution in [0.1, 0.15) is 37.6 Å². The predicted octanol–water partition coefficient (Wildman–Crippen LogP) is 3.57. The second-order valence-corrected chi connectivity index (χ2v) is 12.3. The van der Waals surface area contributed by atoms with Crippen LogP contribution in [-0.2, 0) is 9.53 Å². The average Bonchev–Trinajstić information content (AvgIpc) is 3.52. The largest absolute Gasteiger partial charge is 0.492 e. The molecular formula is C27H36N6O3S. The van der Waals surface area contributed by atoms with Crippen LogP contribution >= 0.6 is 11.3 Å². The first-order chi connectivity index (χ1) is 17.6. The first kappa shape index (κ1) is 25.8. The Morgan fingerprint density at radius 2 is 2.14 bits per heavy atom. The van der Waals surface area contributed by atoms with Gasteiger partial charge in [-0.2, -0.15) is 0 Å². The Kier molecular flexibility index (Phi) is 7.08. The zero-order valence-corrected chi connectivity index (χ0v) is 23.3. The van der Waals surface area contributed by atoms with Crippen molar-refractivity contribution in [2.45, 2.75) is 58.7 Å². The summed E-state index contributed by atoms with van der Waals surface area (Å²) in [5, 5.41) is 4.01. The number of likely N-dealkylation sites (N-methyl/N-ethyl adjacent to an activating group) is 1. The molecule has 198 valence electrons. The number of nitrogens with zero attached hydrogens (tertiary/aromatic N) is 5. The molecule has 37 heavy (non-hydrogen) atoms. The Morgan fingerprint density at radius 1 is 1.32 bits per heavy atom. The highest BCUT2D eigenvalue weighted by molar-refractivity contribution is 7.18. The number of morpholine rings is 1. The zero-order chi connectivity index (χ0) is 26.3. The van der Waals surface area contributed by atoms with Crippen molar-refractivity contribution in [3.8, 4) is 17.3 Å². The molecule has 10 heteroatoms. The molecule has 5 rings (SSSR count). The third-order valence-electron chi connectivity index (χ3n) is 6.89. The molecule has 1 amide bonds. The molecule has 2 atom stereocenters. The number of carbonyl (C=O) groups excluding carboxylic acids is 1. The maximum atomic E-state index is 12.7. The minimum Gasteiger partial charge on any atom is -0.492 e. The summed E-state index contributed by atoms with van der Waals surface area (Å²) >= 11 is 1.63. The van der Waals surface area contributed by atoms with E-state index in [0.29, 0.717) is 30.3 Å². The smallest absolute Gasteiger partial charge is 0.239 e. The van der Waals surface area contributed by atoms with Gasteiger partial charge < -0.3 is 19.7 Å². The maximum Gasteiger partial charge on any atom is 0.239 e. The minimum absolute atomic E-state index is 0.0563. The predicted molar refractivity (Wildman–Crippen MR) is 146 cm³/mol. The highest BCUT2D eigenvalue weighted by Crippen LogP contribution is 2.36. The van der Waals surface area contributed by atoms with Gasteiger partial charge >= 0.3 is 0 Å². The number of thiophene rings is 1. The van der Waals surface area contributed by atoms with Gasteiger partial charge in [-0.25, -0.2) is 9.97 Å². The normalized spacial score (nSPS) is 19.5. The molecule has 2 aliphatic rings. The van der Waals surface area contributed by atoms with Crippen LogP contribution in [0.4, 0.5) is 5.82 Å². The van der Waals surface area contributed by atoms with E-state index in [4.69, 9.17) is 19.4 Å². The number of aryl methyl sites for hydroxylation is 2. The molecule has 0 aliphatic carbocycles. The van der Waals surface area contributed by atoms with E-state index < -0.39 is 0 Å². The summed E-state index contributed by atoms with van der Waals surface area (Å²) in [5.74, 6) is 1.93. The highest BCUT2D eigenvalue weighted by Gasteiger charge is 2.38. The summed E-state index contributed by atoms with van der Waals surface area (Å²) < 4.78 is 11.8. The van der Waals surface area contributed by atoms with Gasteiger partial charge in [0.05, 0.1) is 24.6 Å². The summed E-state index contributed by atoms with van der Waals surface area (Å²) in [5.41, 5.74) is 1.48. The number of ether oxygens (including phenoxy) is 2. The molecule has 0 unspecified atom stereocenters. The number of nitrogens with one attached hydrogen (secondary N) is 1. The van der Waals surface area contributed by atoms with Crippen LogP contribution < -0.4 is 15.0 Å². The molecule has 2 fully saturated rings. The lowest BCUT2D eigenvalue weighted by Gasteiger charge is -2.26. The van der Waals surface area contributed by atoms with Gasteiger partial charge in [-0.3, -0.25) is 14.7 Å². The second kappa shape index (κ2) is 10.2. The van der Waals surface area contributed by atoms with Crippen LogP contribution in [0.2, 0.25) is 0 Å². The topological polar surface area (TPSA) is 92.7 Å². The van der Waals surface area contributed by atoms with Gasteiger partial charge in [0.15, 0.2) is 5.82 Å². The van der Waals surface area contributed by atoms with Crippen molar-refractivity contribution in [3.63, 3.8) is 0 Å². The van der Waals surface area contributed by atoms with Gasteiger partial charge in [0.2, 0.25) is 5.91 Å². The van der Waals surface area contributed by atoms with E-state index in [9.17, 15) is 4.79 Å². The molecule has 2 saturated heterocycles. The lowest BCUT2D eigenvalue weighted by molar-refractivity contribution is -0.121. The number of carbonyl (C=O) groups is 1. The molecule has 2 aliphatic heterocycles. The first-order valence-electron chi connectivity index (χ1n) is 12.8. The SMILES string of the molecule is Cc1sc2nc(-c3cc(OCCN4C[C@@H]5C[C@H]4CO5)ccn3)nc(N(C)CC(=O)NC(C)(C)C)c2c1C. The molecule has 0 spiro atoms. The summed E-state index contributed by atoms with van der Waals surface area (Å²) in [6, 6.07) is 4.29. The van der Waals surface area contributed by atoms with Gasteiger partial charge in [0, 0.05) is 48.9 Å². The van der Waals surface area contributed by atoms with E-state index in [1.165, 1.54) is 4.88 Å². The van der Waals surface area contributed by atoms with Crippen LogP contribution in [0, 0.1) is 13.8 Å². The molecule has 3 aromatic rings. The van der Waals surface area contributed by atoms with Crippen LogP contribution in [0.15, 0.2) is 18.3 Å². The Labute approximate surface area is 222 Å². The Hall–Kier alpha value is -2.82. The summed E-state index contributed by atoms with van der Waals surface area (Å²) in [6.07, 6.45) is 3.26. The lowest BCUT2D eigenvalue weighted by Crippen LogP contribution is -2.45. The number of likely N-dealkylation sites (tertiary alicyclic amines) is 1. The lowest BCUT2D eigenvalue weighted by atomic mass is 10.1. The van der Waals surface area contributed by atoms with E-state index >= 15 is 0 Å². The zero-order valence-electron chi connectivity index (χ0n) is 22.5. The quantitative estimate of drug-likeness (QED) is 0.478. The van der Waals surface area contributed by atoms with Crippen LogP contribution in [0.25, 0.3) is 21.7 Å². The summed E-state index contributed by atoms with van der Waals surface area (Å²) in [6.45, 7) is 13.6. The standard InChI is InChI=1S/C27H36N6O3S/c1-16-17(2)37-26-23(16)25(32(6)14-22(34)31-27(3,4)5)29-24(30-26)21-12-19(7-8-28-21)35-10-9-33-13-20-11-18(33)15-36-20/h7-8,12,18,20H,9-11,13-15H2,1-6H3,(H,31,34)/t18-,20-/m0/s1. The second-order valence-electron chi connectivity index (χ2n) is 11.1.